The summed E-state index contributed by atoms with van der Waals surface area (Å²) in [4.78, 5) is 25.8. The Morgan fingerprint density at radius 3 is 2.23 bits per heavy atom. The van der Waals surface area contributed by atoms with Crippen LogP contribution in [-0.4, -0.2) is 29.8 Å². The minimum absolute atomic E-state index is 0. The fourth-order valence-electron chi connectivity index (χ4n) is 2.10. The molecular formula is C16H26ClN3O2. The number of hydrogen-bond donors (Lipinski definition) is 2. The van der Waals surface area contributed by atoms with E-state index in [4.69, 9.17) is 5.73 Å². The van der Waals surface area contributed by atoms with E-state index in [1.54, 1.807) is 18.2 Å². The molecule has 0 saturated carbocycles. The molecule has 1 aromatic carbocycles. The van der Waals surface area contributed by atoms with Gasteiger partial charge in [0.2, 0.25) is 11.8 Å². The van der Waals surface area contributed by atoms with Crippen molar-refractivity contribution in [2.24, 2.45) is 0 Å². The Labute approximate surface area is 138 Å². The molecular weight excluding hydrogens is 302 g/mol. The number of nitrogens with two attached hydrogens (primary N) is 1. The van der Waals surface area contributed by atoms with Crippen molar-refractivity contribution < 1.29 is 9.59 Å². The van der Waals surface area contributed by atoms with Gasteiger partial charge >= 0.3 is 0 Å². The SMILES string of the molecule is CCCN(CCC)C(=O)CCC(=O)Nc1ccccc1N.Cl. The number of carbonyl (C=O) groups is 2. The summed E-state index contributed by atoms with van der Waals surface area (Å²) in [6, 6.07) is 7.09. The maximum atomic E-state index is 12.1. The first-order valence-corrected chi connectivity index (χ1v) is 7.50. The van der Waals surface area contributed by atoms with Crippen LogP contribution in [0.5, 0.6) is 0 Å². The van der Waals surface area contributed by atoms with Gasteiger partial charge in [-0.05, 0) is 25.0 Å². The fourth-order valence-corrected chi connectivity index (χ4v) is 2.10. The van der Waals surface area contributed by atoms with Gasteiger partial charge in [0, 0.05) is 25.9 Å². The number of hydrogen-bond acceptors (Lipinski definition) is 3. The van der Waals surface area contributed by atoms with Crippen molar-refractivity contribution in [3.63, 3.8) is 0 Å². The van der Waals surface area contributed by atoms with Crippen molar-refractivity contribution in [2.45, 2.75) is 39.5 Å². The second kappa shape index (κ2) is 10.9. The van der Waals surface area contributed by atoms with Gasteiger partial charge in [0.1, 0.15) is 0 Å². The lowest BCUT2D eigenvalue weighted by atomic mass is 10.2. The number of para-hydroxylation sites is 2. The molecule has 0 spiro atoms. The molecule has 3 N–H and O–H groups in total. The Hall–Kier alpha value is -1.75. The molecule has 0 aliphatic rings. The molecule has 5 nitrogen and oxygen atoms in total. The Kier molecular flexibility index (Phi) is 10.0. The number of nitrogens with one attached hydrogen (secondary N) is 1. The largest absolute Gasteiger partial charge is 0.397 e. The van der Waals surface area contributed by atoms with Gasteiger partial charge in [-0.2, -0.15) is 0 Å². The van der Waals surface area contributed by atoms with Crippen LogP contribution >= 0.6 is 12.4 Å². The lowest BCUT2D eigenvalue weighted by molar-refractivity contribution is -0.132. The van der Waals surface area contributed by atoms with Gasteiger partial charge in [-0.3, -0.25) is 9.59 Å². The highest BCUT2D eigenvalue weighted by atomic mass is 35.5. The maximum absolute atomic E-state index is 12.1. The lowest BCUT2D eigenvalue weighted by Gasteiger charge is -2.21. The number of benzene rings is 1. The predicted molar refractivity (Wildman–Crippen MR) is 93.1 cm³/mol. The molecule has 22 heavy (non-hydrogen) atoms. The van der Waals surface area contributed by atoms with E-state index < -0.39 is 0 Å². The van der Waals surface area contributed by atoms with E-state index in [0.717, 1.165) is 25.9 Å². The third-order valence-corrected chi connectivity index (χ3v) is 3.14. The average Bonchev–Trinajstić information content (AvgIpc) is 2.47. The summed E-state index contributed by atoms with van der Waals surface area (Å²) in [6.07, 6.45) is 2.27. The summed E-state index contributed by atoms with van der Waals surface area (Å²) < 4.78 is 0. The molecule has 124 valence electrons. The second-order valence-corrected chi connectivity index (χ2v) is 5.02. The summed E-state index contributed by atoms with van der Waals surface area (Å²) in [5, 5.41) is 2.73. The number of anilines is 2. The highest BCUT2D eigenvalue weighted by Gasteiger charge is 2.14. The highest BCUT2D eigenvalue weighted by molar-refractivity contribution is 5.95. The van der Waals surface area contributed by atoms with E-state index in [2.05, 4.69) is 5.32 Å². The summed E-state index contributed by atoms with van der Waals surface area (Å²) in [6.45, 7) is 5.58. The number of carbonyl (C=O) groups excluding carboxylic acids is 2. The van der Waals surface area contributed by atoms with E-state index in [9.17, 15) is 9.59 Å². The quantitative estimate of drug-likeness (QED) is 0.720. The van der Waals surface area contributed by atoms with Crippen molar-refractivity contribution in [1.82, 2.24) is 4.90 Å². The molecule has 0 aliphatic heterocycles. The number of amides is 2. The van der Waals surface area contributed by atoms with Crippen LogP contribution < -0.4 is 11.1 Å². The molecule has 0 heterocycles. The van der Waals surface area contributed by atoms with Crippen LogP contribution in [-0.2, 0) is 9.59 Å². The Morgan fingerprint density at radius 1 is 1.09 bits per heavy atom. The van der Waals surface area contributed by atoms with Gasteiger partial charge in [0.15, 0.2) is 0 Å². The smallest absolute Gasteiger partial charge is 0.224 e. The Balaban J connectivity index is 0.00000441. The summed E-state index contributed by atoms with van der Waals surface area (Å²) >= 11 is 0. The van der Waals surface area contributed by atoms with E-state index in [1.807, 2.05) is 24.8 Å². The molecule has 2 amide bonds. The zero-order valence-corrected chi connectivity index (χ0v) is 14.1. The highest BCUT2D eigenvalue weighted by Crippen LogP contribution is 2.17. The van der Waals surface area contributed by atoms with Crippen LogP contribution in [0.4, 0.5) is 11.4 Å². The van der Waals surface area contributed by atoms with Gasteiger partial charge in [-0.25, -0.2) is 0 Å². The summed E-state index contributed by atoms with van der Waals surface area (Å²) in [5.74, 6) is -0.149. The summed E-state index contributed by atoms with van der Waals surface area (Å²) in [5.41, 5.74) is 6.88. The zero-order chi connectivity index (χ0) is 15.7. The Morgan fingerprint density at radius 2 is 1.68 bits per heavy atom. The number of halogens is 1. The van der Waals surface area contributed by atoms with Crippen LogP contribution in [0.1, 0.15) is 39.5 Å². The Bertz CT molecular complexity index is 474. The van der Waals surface area contributed by atoms with Crippen molar-refractivity contribution in [2.75, 3.05) is 24.1 Å². The molecule has 0 aromatic heterocycles. The normalized spacial score (nSPS) is 9.73. The van der Waals surface area contributed by atoms with Crippen molar-refractivity contribution >= 4 is 35.6 Å². The topological polar surface area (TPSA) is 75.4 Å². The van der Waals surface area contributed by atoms with E-state index in [-0.39, 0.29) is 37.1 Å². The minimum Gasteiger partial charge on any atom is -0.397 e. The third kappa shape index (κ3) is 6.80. The first-order chi connectivity index (χ1) is 10.1. The number of rotatable bonds is 8. The number of nitrogen functional groups attached to an aromatic ring is 1. The molecule has 0 atom stereocenters. The van der Waals surface area contributed by atoms with E-state index in [0.29, 0.717) is 11.4 Å². The first-order valence-electron chi connectivity index (χ1n) is 7.50. The van der Waals surface area contributed by atoms with Gasteiger partial charge < -0.3 is 16.0 Å². The first kappa shape index (κ1) is 20.2. The maximum Gasteiger partial charge on any atom is 0.224 e. The molecule has 0 bridgehead atoms. The van der Waals surface area contributed by atoms with Crippen LogP contribution in [0.3, 0.4) is 0 Å². The van der Waals surface area contributed by atoms with Gasteiger partial charge in [-0.15, -0.1) is 12.4 Å². The van der Waals surface area contributed by atoms with Crippen LogP contribution in [0.15, 0.2) is 24.3 Å². The molecule has 0 aliphatic carbocycles. The minimum atomic E-state index is -0.186. The second-order valence-electron chi connectivity index (χ2n) is 5.02. The van der Waals surface area contributed by atoms with Gasteiger partial charge in [-0.1, -0.05) is 26.0 Å². The molecule has 0 radical (unpaired) electrons. The van der Waals surface area contributed by atoms with E-state index in [1.165, 1.54) is 0 Å². The molecule has 6 heteroatoms. The van der Waals surface area contributed by atoms with Crippen molar-refractivity contribution in [3.05, 3.63) is 24.3 Å². The predicted octanol–water partition coefficient (Wildman–Crippen LogP) is 3.06. The van der Waals surface area contributed by atoms with Crippen LogP contribution in [0.2, 0.25) is 0 Å². The van der Waals surface area contributed by atoms with Crippen molar-refractivity contribution in [1.29, 1.82) is 0 Å². The standard InChI is InChI=1S/C16H25N3O2.ClH/c1-3-11-19(12-4-2)16(21)10-9-15(20)18-14-8-6-5-7-13(14)17;/h5-8H,3-4,9-12,17H2,1-2H3,(H,18,20);1H. The van der Waals surface area contributed by atoms with E-state index >= 15 is 0 Å². The molecule has 0 saturated heterocycles. The third-order valence-electron chi connectivity index (χ3n) is 3.14. The average molecular weight is 328 g/mol. The van der Waals surface area contributed by atoms with Crippen LogP contribution in [0.25, 0.3) is 0 Å². The number of nitrogens with zero attached hydrogens (tertiary/aromatic N) is 1. The zero-order valence-electron chi connectivity index (χ0n) is 13.3. The monoisotopic (exact) mass is 327 g/mol. The molecule has 1 aromatic rings. The summed E-state index contributed by atoms with van der Waals surface area (Å²) in [7, 11) is 0. The molecule has 0 fully saturated rings. The van der Waals surface area contributed by atoms with Gasteiger partial charge in [0.25, 0.3) is 0 Å². The van der Waals surface area contributed by atoms with Crippen LogP contribution in [0, 0.1) is 0 Å². The molecule has 1 rings (SSSR count). The van der Waals surface area contributed by atoms with Gasteiger partial charge in [0.05, 0.1) is 11.4 Å². The molecule has 0 unspecified atom stereocenters. The fraction of sp³-hybridized carbons (Fsp3) is 0.500. The van der Waals surface area contributed by atoms with Crippen molar-refractivity contribution in [3.8, 4) is 0 Å². The lowest BCUT2D eigenvalue weighted by Crippen LogP contribution is -2.33.